The Morgan fingerprint density at radius 1 is 0.857 bits per heavy atom. The first kappa shape index (κ1) is 15.8. The van der Waals surface area contributed by atoms with E-state index in [9.17, 15) is 0 Å². The predicted octanol–water partition coefficient (Wildman–Crippen LogP) is 4.11. The standard InChI is InChI=1S/C15H17ClO4S/c1-17-9-5-11(19-3)14(12(6-9)20-4)15(16)13-7-10(18-2)8-21-13/h5-8,15H,1-4H3. The van der Waals surface area contributed by atoms with Gasteiger partial charge in [0, 0.05) is 22.4 Å². The molecule has 4 nitrogen and oxygen atoms in total. The molecule has 2 aromatic rings. The molecule has 114 valence electrons. The molecule has 0 radical (unpaired) electrons. The normalized spacial score (nSPS) is 11.9. The third-order valence-electron chi connectivity index (χ3n) is 3.09. The van der Waals surface area contributed by atoms with Crippen LogP contribution >= 0.6 is 22.9 Å². The molecule has 1 aromatic heterocycles. The highest BCUT2D eigenvalue weighted by atomic mass is 35.5. The van der Waals surface area contributed by atoms with E-state index in [0.29, 0.717) is 17.2 Å². The molecule has 6 heteroatoms. The fourth-order valence-electron chi connectivity index (χ4n) is 2.00. The Labute approximate surface area is 133 Å². The van der Waals surface area contributed by atoms with Gasteiger partial charge < -0.3 is 18.9 Å². The van der Waals surface area contributed by atoms with Crippen LogP contribution in [0.4, 0.5) is 0 Å². The van der Waals surface area contributed by atoms with Crippen molar-refractivity contribution in [2.45, 2.75) is 5.38 Å². The lowest BCUT2D eigenvalue weighted by Crippen LogP contribution is -2.01. The van der Waals surface area contributed by atoms with Crippen LogP contribution in [0.25, 0.3) is 0 Å². The van der Waals surface area contributed by atoms with Crippen LogP contribution in [-0.2, 0) is 0 Å². The number of methoxy groups -OCH3 is 4. The quantitative estimate of drug-likeness (QED) is 0.748. The maximum absolute atomic E-state index is 6.62. The van der Waals surface area contributed by atoms with Gasteiger partial charge in [0.15, 0.2) is 0 Å². The van der Waals surface area contributed by atoms with E-state index in [1.54, 1.807) is 40.6 Å². The monoisotopic (exact) mass is 328 g/mol. The molecule has 1 aromatic carbocycles. The van der Waals surface area contributed by atoms with Gasteiger partial charge in [0.1, 0.15) is 28.4 Å². The van der Waals surface area contributed by atoms with Crippen molar-refractivity contribution in [3.8, 4) is 23.0 Å². The summed E-state index contributed by atoms with van der Waals surface area (Å²) in [6, 6.07) is 5.49. The van der Waals surface area contributed by atoms with Gasteiger partial charge in [-0.3, -0.25) is 0 Å². The second kappa shape index (κ2) is 6.91. The summed E-state index contributed by atoms with van der Waals surface area (Å²) >= 11 is 8.15. The molecule has 0 N–H and O–H groups in total. The maximum atomic E-state index is 6.62. The number of thiophene rings is 1. The molecule has 0 aliphatic heterocycles. The highest BCUT2D eigenvalue weighted by Gasteiger charge is 2.23. The Hall–Kier alpha value is -1.59. The van der Waals surface area contributed by atoms with E-state index >= 15 is 0 Å². The molecule has 0 saturated heterocycles. The lowest BCUT2D eigenvalue weighted by molar-refractivity contribution is 0.369. The largest absolute Gasteiger partial charge is 0.496 e. The van der Waals surface area contributed by atoms with Crippen molar-refractivity contribution in [2.24, 2.45) is 0 Å². The van der Waals surface area contributed by atoms with Crippen LogP contribution in [0.2, 0.25) is 0 Å². The van der Waals surface area contributed by atoms with Crippen LogP contribution in [0.3, 0.4) is 0 Å². The third kappa shape index (κ3) is 3.19. The van der Waals surface area contributed by atoms with Crippen molar-refractivity contribution in [3.05, 3.63) is 34.0 Å². The lowest BCUT2D eigenvalue weighted by Gasteiger charge is -2.18. The molecule has 0 aliphatic rings. The maximum Gasteiger partial charge on any atom is 0.131 e. The molecule has 0 spiro atoms. The predicted molar refractivity (Wildman–Crippen MR) is 84.7 cm³/mol. The summed E-state index contributed by atoms with van der Waals surface area (Å²) in [4.78, 5) is 0.954. The summed E-state index contributed by atoms with van der Waals surface area (Å²) in [6.07, 6.45) is 0. The SMILES string of the molecule is COc1csc(C(Cl)c2c(OC)cc(OC)cc2OC)c1. The second-order valence-electron chi connectivity index (χ2n) is 4.20. The number of halogens is 1. The van der Waals surface area contributed by atoms with Gasteiger partial charge in [-0.05, 0) is 6.07 Å². The van der Waals surface area contributed by atoms with Gasteiger partial charge in [-0.15, -0.1) is 22.9 Å². The zero-order valence-corrected chi connectivity index (χ0v) is 13.9. The Bertz CT molecular complexity index is 586. The van der Waals surface area contributed by atoms with E-state index in [2.05, 4.69) is 0 Å². The van der Waals surface area contributed by atoms with Gasteiger partial charge in [-0.2, -0.15) is 0 Å². The summed E-state index contributed by atoms with van der Waals surface area (Å²) in [6.45, 7) is 0. The van der Waals surface area contributed by atoms with Gasteiger partial charge in [0.2, 0.25) is 0 Å². The molecule has 1 unspecified atom stereocenters. The van der Waals surface area contributed by atoms with E-state index in [1.807, 2.05) is 11.4 Å². The van der Waals surface area contributed by atoms with Crippen LogP contribution in [0.15, 0.2) is 23.6 Å². The molecule has 0 amide bonds. The zero-order valence-electron chi connectivity index (χ0n) is 12.3. The molecular weight excluding hydrogens is 312 g/mol. The van der Waals surface area contributed by atoms with E-state index in [-0.39, 0.29) is 0 Å². The summed E-state index contributed by atoms with van der Waals surface area (Å²) in [5, 5.41) is 1.52. The molecule has 21 heavy (non-hydrogen) atoms. The number of ether oxygens (including phenoxy) is 4. The Balaban J connectivity index is 2.50. The first-order valence-electron chi connectivity index (χ1n) is 6.21. The molecule has 2 rings (SSSR count). The number of alkyl halides is 1. The van der Waals surface area contributed by atoms with Crippen molar-refractivity contribution in [1.82, 2.24) is 0 Å². The number of rotatable bonds is 6. The molecular formula is C15H17ClO4S. The minimum atomic E-state index is -0.394. The second-order valence-corrected chi connectivity index (χ2v) is 5.58. The van der Waals surface area contributed by atoms with Gasteiger partial charge in [-0.25, -0.2) is 0 Å². The van der Waals surface area contributed by atoms with Gasteiger partial charge >= 0.3 is 0 Å². The van der Waals surface area contributed by atoms with Crippen LogP contribution in [-0.4, -0.2) is 28.4 Å². The van der Waals surface area contributed by atoms with E-state index in [4.69, 9.17) is 30.5 Å². The van der Waals surface area contributed by atoms with Crippen LogP contribution in [0.5, 0.6) is 23.0 Å². The van der Waals surface area contributed by atoms with Crippen LogP contribution < -0.4 is 18.9 Å². The van der Waals surface area contributed by atoms with Gasteiger partial charge in [-0.1, -0.05) is 0 Å². The van der Waals surface area contributed by atoms with E-state index in [1.165, 1.54) is 11.3 Å². The van der Waals surface area contributed by atoms with Crippen molar-refractivity contribution in [2.75, 3.05) is 28.4 Å². The van der Waals surface area contributed by atoms with Gasteiger partial charge in [0.25, 0.3) is 0 Å². The van der Waals surface area contributed by atoms with E-state index in [0.717, 1.165) is 16.2 Å². The molecule has 0 fully saturated rings. The molecule has 0 aliphatic carbocycles. The Kier molecular flexibility index (Phi) is 5.20. The van der Waals surface area contributed by atoms with Crippen molar-refractivity contribution in [3.63, 3.8) is 0 Å². The summed E-state index contributed by atoms with van der Waals surface area (Å²) in [5.41, 5.74) is 0.770. The summed E-state index contributed by atoms with van der Waals surface area (Å²) < 4.78 is 21.3. The fourth-order valence-corrected chi connectivity index (χ4v) is 3.27. The van der Waals surface area contributed by atoms with Crippen molar-refractivity contribution in [1.29, 1.82) is 0 Å². The average Bonchev–Trinajstić information content (AvgIpc) is 3.01. The number of hydrogen-bond donors (Lipinski definition) is 0. The first-order chi connectivity index (χ1) is 10.1. The molecule has 1 heterocycles. The topological polar surface area (TPSA) is 36.9 Å². The van der Waals surface area contributed by atoms with Crippen molar-refractivity contribution >= 4 is 22.9 Å². The number of benzene rings is 1. The highest BCUT2D eigenvalue weighted by molar-refractivity contribution is 7.10. The van der Waals surface area contributed by atoms with E-state index < -0.39 is 5.38 Å². The van der Waals surface area contributed by atoms with Crippen molar-refractivity contribution < 1.29 is 18.9 Å². The Morgan fingerprint density at radius 2 is 1.43 bits per heavy atom. The lowest BCUT2D eigenvalue weighted by atomic mass is 10.1. The minimum absolute atomic E-state index is 0.394. The average molecular weight is 329 g/mol. The third-order valence-corrected chi connectivity index (χ3v) is 4.65. The highest BCUT2D eigenvalue weighted by Crippen LogP contribution is 2.45. The molecule has 0 bridgehead atoms. The first-order valence-corrected chi connectivity index (χ1v) is 7.52. The molecule has 0 saturated carbocycles. The van der Waals surface area contributed by atoms with Crippen LogP contribution in [0.1, 0.15) is 15.8 Å². The number of hydrogen-bond acceptors (Lipinski definition) is 5. The Morgan fingerprint density at radius 3 is 1.86 bits per heavy atom. The fraction of sp³-hybridized carbons (Fsp3) is 0.333. The summed E-state index contributed by atoms with van der Waals surface area (Å²) in [5.74, 6) is 2.68. The summed E-state index contributed by atoms with van der Waals surface area (Å²) in [7, 11) is 6.41. The molecule has 1 atom stereocenters. The van der Waals surface area contributed by atoms with Gasteiger partial charge in [0.05, 0.1) is 34.0 Å². The zero-order chi connectivity index (χ0) is 15.4. The smallest absolute Gasteiger partial charge is 0.131 e. The minimum Gasteiger partial charge on any atom is -0.496 e. The van der Waals surface area contributed by atoms with Crippen LogP contribution in [0, 0.1) is 0 Å².